The van der Waals surface area contributed by atoms with Gasteiger partial charge in [-0.3, -0.25) is 14.4 Å². The lowest BCUT2D eigenvalue weighted by molar-refractivity contribution is 0.0269. The zero-order valence-corrected chi connectivity index (χ0v) is 20.5. The van der Waals surface area contributed by atoms with Crippen molar-refractivity contribution in [2.24, 2.45) is 0 Å². The van der Waals surface area contributed by atoms with Crippen LogP contribution in [0.2, 0.25) is 0 Å². The fourth-order valence-corrected chi connectivity index (χ4v) is 4.74. The Morgan fingerprint density at radius 2 is 1.87 bits per heavy atom. The molecule has 2 amide bonds. The molecule has 0 aliphatic carbocycles. The Morgan fingerprint density at radius 3 is 2.59 bits per heavy atom. The molecule has 11 heteroatoms. The molecule has 3 heterocycles. The van der Waals surface area contributed by atoms with Crippen LogP contribution in [0.25, 0.3) is 0 Å². The molecule has 7 nitrogen and oxygen atoms in total. The van der Waals surface area contributed by atoms with Gasteiger partial charge in [-0.1, -0.05) is 48.6 Å². The van der Waals surface area contributed by atoms with Crippen LogP contribution >= 0.6 is 0 Å². The molecule has 3 aromatic rings. The van der Waals surface area contributed by atoms with Crippen LogP contribution in [0.4, 0.5) is 17.6 Å². The zero-order valence-electron chi connectivity index (χ0n) is 20.5. The summed E-state index contributed by atoms with van der Waals surface area (Å²) in [5.74, 6) is -3.76. The van der Waals surface area contributed by atoms with Crippen molar-refractivity contribution in [3.63, 3.8) is 0 Å². The largest absolute Gasteiger partial charge is 0.483 e. The molecule has 2 aromatic carbocycles. The Labute approximate surface area is 220 Å². The van der Waals surface area contributed by atoms with Crippen molar-refractivity contribution in [1.82, 2.24) is 14.8 Å². The Bertz CT molecular complexity index is 1510. The smallest absolute Gasteiger partial charge is 0.275 e. The molecule has 0 radical (unpaired) electrons. The summed E-state index contributed by atoms with van der Waals surface area (Å²) < 4.78 is 62.1. The summed E-state index contributed by atoms with van der Waals surface area (Å²) in [7, 11) is 0. The van der Waals surface area contributed by atoms with Crippen LogP contribution in [-0.2, 0) is 13.2 Å². The molecule has 0 spiro atoms. The van der Waals surface area contributed by atoms with Crippen LogP contribution in [0.5, 0.6) is 5.75 Å². The molecule has 2 aliphatic rings. The Morgan fingerprint density at radius 1 is 1.10 bits per heavy atom. The maximum absolute atomic E-state index is 14.1. The van der Waals surface area contributed by atoms with Crippen molar-refractivity contribution in [2.45, 2.75) is 38.1 Å². The van der Waals surface area contributed by atoms with Gasteiger partial charge in [0.25, 0.3) is 18.2 Å². The number of carbonyl (C=O) groups excluding carboxylic acids is 2. The average Bonchev–Trinajstić information content (AvgIpc) is 3.12. The first kappa shape index (κ1) is 26.2. The predicted molar refractivity (Wildman–Crippen MR) is 133 cm³/mol. The van der Waals surface area contributed by atoms with Gasteiger partial charge in [0.05, 0.1) is 6.04 Å². The quantitative estimate of drug-likeness (QED) is 0.359. The minimum Gasteiger partial charge on any atom is -0.483 e. The van der Waals surface area contributed by atoms with Crippen LogP contribution in [0.3, 0.4) is 0 Å². The van der Waals surface area contributed by atoms with Gasteiger partial charge in [0.15, 0.2) is 11.4 Å². The highest BCUT2D eigenvalue weighted by molar-refractivity contribution is 5.99. The van der Waals surface area contributed by atoms with E-state index in [4.69, 9.17) is 4.74 Å². The number of hydrogen-bond acceptors (Lipinski definition) is 4. The number of nitrogens with zero attached hydrogens (tertiary/aromatic N) is 2. The number of halogens is 4. The maximum atomic E-state index is 14.1. The number of pyridine rings is 1. The molecule has 1 aromatic heterocycles. The van der Waals surface area contributed by atoms with Gasteiger partial charge in [-0.05, 0) is 18.1 Å². The summed E-state index contributed by atoms with van der Waals surface area (Å²) >= 11 is 0. The van der Waals surface area contributed by atoms with E-state index in [-0.39, 0.29) is 42.9 Å². The van der Waals surface area contributed by atoms with E-state index in [1.165, 1.54) is 22.9 Å². The van der Waals surface area contributed by atoms with Gasteiger partial charge in [-0.25, -0.2) is 17.6 Å². The van der Waals surface area contributed by atoms with E-state index in [1.54, 1.807) is 36.4 Å². The van der Waals surface area contributed by atoms with Crippen LogP contribution in [-0.4, -0.2) is 40.3 Å². The standard InChI is InChI=1S/C28H23F4N3O4/c29-18-10-9-17(21(30)11-18)12-33-27(37)20-14-34-19-7-4-8-22(26(31)32)35(13-19)28(38)23(34)25(24(20)36)39-15-16-5-2-1-3-6-16/h1-6,8-11,14,19,22,26H,7,12-13,15H2,(H,33,37)/t19-,22+/m0/s1. The van der Waals surface area contributed by atoms with E-state index in [0.29, 0.717) is 11.6 Å². The number of alkyl halides is 2. The molecule has 0 unspecified atom stereocenters. The van der Waals surface area contributed by atoms with Crippen molar-refractivity contribution < 1.29 is 31.9 Å². The summed E-state index contributed by atoms with van der Waals surface area (Å²) in [5, 5.41) is 2.45. The highest BCUT2D eigenvalue weighted by Crippen LogP contribution is 2.34. The predicted octanol–water partition coefficient (Wildman–Crippen LogP) is 4.23. The van der Waals surface area contributed by atoms with Gasteiger partial charge in [0, 0.05) is 30.9 Å². The van der Waals surface area contributed by atoms with Gasteiger partial charge in [-0.2, -0.15) is 0 Å². The zero-order chi connectivity index (χ0) is 27.7. The van der Waals surface area contributed by atoms with Crippen LogP contribution in [0, 0.1) is 11.6 Å². The minimum atomic E-state index is -2.84. The van der Waals surface area contributed by atoms with Crippen molar-refractivity contribution in [1.29, 1.82) is 0 Å². The number of carbonyl (C=O) groups is 2. The molecule has 2 bridgehead atoms. The summed E-state index contributed by atoms with van der Waals surface area (Å²) in [6, 6.07) is 9.64. The molecule has 1 N–H and O–H groups in total. The number of nitrogens with one attached hydrogen (secondary N) is 1. The molecular formula is C28H23F4N3O4. The topological polar surface area (TPSA) is 80.6 Å². The monoisotopic (exact) mass is 541 g/mol. The molecule has 2 aliphatic heterocycles. The highest BCUT2D eigenvalue weighted by Gasteiger charge is 2.41. The maximum Gasteiger partial charge on any atom is 0.275 e. The van der Waals surface area contributed by atoms with Crippen molar-refractivity contribution in [2.75, 3.05) is 6.54 Å². The summed E-state index contributed by atoms with van der Waals surface area (Å²) in [6.07, 6.45) is 1.45. The van der Waals surface area contributed by atoms with Crippen LogP contribution < -0.4 is 15.5 Å². The lowest BCUT2D eigenvalue weighted by atomic mass is 10.1. The second-order valence-corrected chi connectivity index (χ2v) is 9.25. The average molecular weight is 542 g/mol. The van der Waals surface area contributed by atoms with Gasteiger partial charge in [0.1, 0.15) is 29.8 Å². The molecule has 39 heavy (non-hydrogen) atoms. The van der Waals surface area contributed by atoms with E-state index in [2.05, 4.69) is 5.32 Å². The first-order chi connectivity index (χ1) is 18.7. The van der Waals surface area contributed by atoms with Gasteiger partial charge in [-0.15, -0.1) is 0 Å². The normalized spacial score (nSPS) is 18.1. The fraction of sp³-hybridized carbons (Fsp3) is 0.250. The number of rotatable bonds is 7. The van der Waals surface area contributed by atoms with Crippen molar-refractivity contribution in [3.05, 3.63) is 111 Å². The molecule has 0 saturated heterocycles. The number of allylic oxidation sites excluding steroid dienone is 1. The number of hydrogen-bond donors (Lipinski definition) is 1. The van der Waals surface area contributed by atoms with E-state index >= 15 is 0 Å². The van der Waals surface area contributed by atoms with Crippen molar-refractivity contribution >= 4 is 11.8 Å². The van der Waals surface area contributed by atoms with Gasteiger partial charge < -0.3 is 19.5 Å². The first-order valence-electron chi connectivity index (χ1n) is 12.2. The molecule has 2 atom stereocenters. The third-order valence-electron chi connectivity index (χ3n) is 6.74. The summed E-state index contributed by atoms with van der Waals surface area (Å²) in [4.78, 5) is 41.1. The Balaban J connectivity index is 1.55. The van der Waals surface area contributed by atoms with Crippen LogP contribution in [0.15, 0.2) is 71.7 Å². The Kier molecular flexibility index (Phi) is 7.23. The number of amides is 2. The van der Waals surface area contributed by atoms with E-state index < -0.39 is 53.1 Å². The SMILES string of the molecule is O=C(NCc1ccc(F)cc1F)c1cn2c(c(OCc3ccccc3)c1=O)C(=O)N1C[C@@H]2CC=C[C@@H]1C(F)F. The van der Waals surface area contributed by atoms with Crippen LogP contribution in [0.1, 0.15) is 44.4 Å². The number of benzene rings is 2. The fourth-order valence-electron chi connectivity index (χ4n) is 4.74. The highest BCUT2D eigenvalue weighted by atomic mass is 19.3. The first-order valence-corrected chi connectivity index (χ1v) is 12.2. The molecule has 0 saturated carbocycles. The summed E-state index contributed by atoms with van der Waals surface area (Å²) in [5.41, 5.74) is -0.831. The molecule has 0 fully saturated rings. The van der Waals surface area contributed by atoms with E-state index in [1.807, 2.05) is 0 Å². The van der Waals surface area contributed by atoms with Gasteiger partial charge >= 0.3 is 0 Å². The Hall–Kier alpha value is -4.41. The minimum absolute atomic E-state index is 0.00105. The van der Waals surface area contributed by atoms with E-state index in [9.17, 15) is 31.9 Å². The molecular weight excluding hydrogens is 518 g/mol. The second-order valence-electron chi connectivity index (χ2n) is 9.25. The lowest BCUT2D eigenvalue weighted by Gasteiger charge is -2.38. The molecule has 202 valence electrons. The molecule has 5 rings (SSSR count). The second kappa shape index (κ2) is 10.8. The van der Waals surface area contributed by atoms with E-state index in [0.717, 1.165) is 11.0 Å². The third kappa shape index (κ3) is 5.16. The number of ether oxygens (including phenoxy) is 1. The lowest BCUT2D eigenvalue weighted by Crippen LogP contribution is -2.50. The number of aromatic nitrogens is 1. The summed E-state index contributed by atoms with van der Waals surface area (Å²) in [6.45, 7) is -0.513. The third-order valence-corrected chi connectivity index (χ3v) is 6.74. The van der Waals surface area contributed by atoms with Gasteiger partial charge in [0.2, 0.25) is 5.43 Å². The van der Waals surface area contributed by atoms with Crippen molar-refractivity contribution in [3.8, 4) is 5.75 Å². The number of fused-ring (bicyclic) bond motifs is 4.